The van der Waals surface area contributed by atoms with Crippen molar-refractivity contribution in [2.45, 2.75) is 6.54 Å². The Morgan fingerprint density at radius 3 is 2.88 bits per heavy atom. The summed E-state index contributed by atoms with van der Waals surface area (Å²) in [6.45, 7) is 5.36. The van der Waals surface area contributed by atoms with E-state index in [-0.39, 0.29) is 12.3 Å². The van der Waals surface area contributed by atoms with E-state index in [1.165, 1.54) is 6.07 Å². The third-order valence-corrected chi connectivity index (χ3v) is 2.34. The minimum absolute atomic E-state index is 0.0586. The molecule has 16 heavy (non-hydrogen) atoms. The van der Waals surface area contributed by atoms with Gasteiger partial charge in [0.05, 0.1) is 12.3 Å². The van der Waals surface area contributed by atoms with Gasteiger partial charge in [-0.3, -0.25) is 4.90 Å². The minimum atomic E-state index is -0.403. The first kappa shape index (κ1) is 12.7. The minimum Gasteiger partial charge on any atom is -0.396 e. The molecule has 88 valence electrons. The van der Waals surface area contributed by atoms with Crippen molar-refractivity contribution in [2.75, 3.05) is 25.4 Å². The number of nitrogen functional groups attached to an aromatic ring is 1. The van der Waals surface area contributed by atoms with Gasteiger partial charge in [0.2, 0.25) is 0 Å². The average molecular weight is 224 g/mol. The monoisotopic (exact) mass is 224 g/mol. The van der Waals surface area contributed by atoms with Gasteiger partial charge in [-0.1, -0.05) is 18.2 Å². The van der Waals surface area contributed by atoms with E-state index in [4.69, 9.17) is 10.8 Å². The molecule has 1 aromatic rings. The van der Waals surface area contributed by atoms with E-state index in [2.05, 4.69) is 6.58 Å². The molecule has 0 saturated carbocycles. The van der Waals surface area contributed by atoms with Crippen molar-refractivity contribution in [3.05, 3.63) is 42.2 Å². The van der Waals surface area contributed by atoms with E-state index in [9.17, 15) is 4.39 Å². The van der Waals surface area contributed by atoms with Crippen molar-refractivity contribution in [3.63, 3.8) is 0 Å². The molecule has 0 amide bonds. The normalized spacial score (nSPS) is 10.7. The van der Waals surface area contributed by atoms with E-state index in [0.29, 0.717) is 19.6 Å². The fraction of sp³-hybridized carbons (Fsp3) is 0.333. The number of nitrogens with two attached hydrogens (primary N) is 1. The molecule has 0 aliphatic carbocycles. The van der Waals surface area contributed by atoms with Crippen molar-refractivity contribution in [1.82, 2.24) is 4.90 Å². The molecule has 0 aliphatic heterocycles. The largest absolute Gasteiger partial charge is 0.396 e. The van der Waals surface area contributed by atoms with Crippen molar-refractivity contribution in [1.29, 1.82) is 0 Å². The van der Waals surface area contributed by atoms with Crippen LogP contribution in [0.5, 0.6) is 0 Å². The molecule has 4 heteroatoms. The Labute approximate surface area is 95.0 Å². The molecule has 0 saturated heterocycles. The molecule has 0 aliphatic rings. The van der Waals surface area contributed by atoms with Crippen LogP contribution < -0.4 is 5.73 Å². The van der Waals surface area contributed by atoms with E-state index in [1.54, 1.807) is 18.2 Å². The zero-order chi connectivity index (χ0) is 12.0. The first-order valence-electron chi connectivity index (χ1n) is 5.16. The van der Waals surface area contributed by atoms with E-state index in [0.717, 1.165) is 5.56 Å². The summed E-state index contributed by atoms with van der Waals surface area (Å²) in [5.74, 6) is -0.403. The second-order valence-corrected chi connectivity index (χ2v) is 3.56. The summed E-state index contributed by atoms with van der Waals surface area (Å²) < 4.78 is 13.2. The second kappa shape index (κ2) is 6.25. The summed E-state index contributed by atoms with van der Waals surface area (Å²) >= 11 is 0. The number of nitrogens with zero attached hydrogens (tertiary/aromatic N) is 1. The van der Waals surface area contributed by atoms with Gasteiger partial charge in [-0.2, -0.15) is 0 Å². The Kier molecular flexibility index (Phi) is 4.95. The fourth-order valence-electron chi connectivity index (χ4n) is 1.52. The Morgan fingerprint density at radius 2 is 2.25 bits per heavy atom. The topological polar surface area (TPSA) is 49.5 Å². The van der Waals surface area contributed by atoms with Crippen LogP contribution in [0.1, 0.15) is 5.56 Å². The number of aliphatic hydroxyl groups excluding tert-OH is 1. The number of halogens is 1. The molecule has 1 aromatic carbocycles. The van der Waals surface area contributed by atoms with Crippen LogP contribution in [0.4, 0.5) is 10.1 Å². The lowest BCUT2D eigenvalue weighted by atomic mass is 10.1. The molecule has 0 spiro atoms. The summed E-state index contributed by atoms with van der Waals surface area (Å²) in [5.41, 5.74) is 6.54. The van der Waals surface area contributed by atoms with Gasteiger partial charge in [0, 0.05) is 19.6 Å². The number of benzene rings is 1. The number of aliphatic hydroxyl groups is 1. The van der Waals surface area contributed by atoms with Crippen LogP contribution >= 0.6 is 0 Å². The van der Waals surface area contributed by atoms with Gasteiger partial charge >= 0.3 is 0 Å². The zero-order valence-electron chi connectivity index (χ0n) is 9.19. The highest BCUT2D eigenvalue weighted by molar-refractivity contribution is 5.47. The Hall–Kier alpha value is -1.39. The number of para-hydroxylation sites is 1. The standard InChI is InChI=1S/C12H17FN2O/c1-2-6-15(7-8-16)9-10-4-3-5-11(13)12(10)14/h2-5,16H,1,6-9,14H2. The summed E-state index contributed by atoms with van der Waals surface area (Å²) in [4.78, 5) is 1.94. The van der Waals surface area contributed by atoms with Crippen molar-refractivity contribution >= 4 is 5.69 Å². The van der Waals surface area contributed by atoms with Crippen LogP contribution in [0.15, 0.2) is 30.9 Å². The van der Waals surface area contributed by atoms with Crippen molar-refractivity contribution in [2.24, 2.45) is 0 Å². The Balaban J connectivity index is 2.76. The van der Waals surface area contributed by atoms with Crippen molar-refractivity contribution < 1.29 is 9.50 Å². The van der Waals surface area contributed by atoms with Crippen LogP contribution in [0.2, 0.25) is 0 Å². The van der Waals surface area contributed by atoms with Gasteiger partial charge in [-0.15, -0.1) is 6.58 Å². The third-order valence-electron chi connectivity index (χ3n) is 2.34. The number of hydrogen-bond acceptors (Lipinski definition) is 3. The fourth-order valence-corrected chi connectivity index (χ4v) is 1.52. The first-order chi connectivity index (χ1) is 7.69. The predicted octanol–water partition coefficient (Wildman–Crippen LogP) is 1.39. The highest BCUT2D eigenvalue weighted by atomic mass is 19.1. The molecular formula is C12H17FN2O. The molecule has 3 N–H and O–H groups in total. The SMILES string of the molecule is C=CCN(CCO)Cc1cccc(F)c1N. The lowest BCUT2D eigenvalue weighted by Crippen LogP contribution is -2.27. The molecule has 0 radical (unpaired) electrons. The van der Waals surface area contributed by atoms with Gasteiger partial charge < -0.3 is 10.8 Å². The molecule has 3 nitrogen and oxygen atoms in total. The smallest absolute Gasteiger partial charge is 0.146 e. The summed E-state index contributed by atoms with van der Waals surface area (Å²) in [5, 5.41) is 8.88. The molecule has 0 atom stereocenters. The van der Waals surface area contributed by atoms with E-state index < -0.39 is 5.82 Å². The summed E-state index contributed by atoms with van der Waals surface area (Å²) in [6, 6.07) is 4.75. The molecule has 0 fully saturated rings. The van der Waals surface area contributed by atoms with Gasteiger partial charge in [0.1, 0.15) is 5.82 Å². The first-order valence-corrected chi connectivity index (χ1v) is 5.16. The molecule has 1 rings (SSSR count). The lowest BCUT2D eigenvalue weighted by Gasteiger charge is -2.20. The van der Waals surface area contributed by atoms with Crippen LogP contribution in [0, 0.1) is 5.82 Å². The average Bonchev–Trinajstić information content (AvgIpc) is 2.25. The maximum atomic E-state index is 13.2. The highest BCUT2D eigenvalue weighted by Gasteiger charge is 2.08. The number of hydrogen-bond donors (Lipinski definition) is 2. The van der Waals surface area contributed by atoms with Crippen LogP contribution in [-0.2, 0) is 6.54 Å². The Bertz CT molecular complexity index is 355. The van der Waals surface area contributed by atoms with Gasteiger partial charge in [-0.05, 0) is 11.6 Å². The quantitative estimate of drug-likeness (QED) is 0.567. The van der Waals surface area contributed by atoms with Gasteiger partial charge in [0.25, 0.3) is 0 Å². The maximum Gasteiger partial charge on any atom is 0.146 e. The van der Waals surface area contributed by atoms with Crippen molar-refractivity contribution in [3.8, 4) is 0 Å². The molecular weight excluding hydrogens is 207 g/mol. The van der Waals surface area contributed by atoms with Gasteiger partial charge in [-0.25, -0.2) is 4.39 Å². The molecule has 0 aromatic heterocycles. The molecule has 0 heterocycles. The van der Waals surface area contributed by atoms with Gasteiger partial charge in [0.15, 0.2) is 0 Å². The highest BCUT2D eigenvalue weighted by Crippen LogP contribution is 2.17. The number of rotatable bonds is 6. The van der Waals surface area contributed by atoms with E-state index >= 15 is 0 Å². The summed E-state index contributed by atoms with van der Waals surface area (Å²) in [6.07, 6.45) is 1.74. The Morgan fingerprint density at radius 1 is 1.50 bits per heavy atom. The predicted molar refractivity (Wildman–Crippen MR) is 63.4 cm³/mol. The zero-order valence-corrected chi connectivity index (χ0v) is 9.19. The van der Waals surface area contributed by atoms with Crippen LogP contribution in [0.25, 0.3) is 0 Å². The molecule has 0 bridgehead atoms. The number of anilines is 1. The van der Waals surface area contributed by atoms with Crippen LogP contribution in [0.3, 0.4) is 0 Å². The van der Waals surface area contributed by atoms with Crippen LogP contribution in [-0.4, -0.2) is 29.7 Å². The molecule has 0 unspecified atom stereocenters. The van der Waals surface area contributed by atoms with E-state index in [1.807, 2.05) is 4.90 Å². The summed E-state index contributed by atoms with van der Waals surface area (Å²) in [7, 11) is 0. The maximum absolute atomic E-state index is 13.2. The lowest BCUT2D eigenvalue weighted by molar-refractivity contribution is 0.203. The third kappa shape index (κ3) is 3.32. The second-order valence-electron chi connectivity index (χ2n) is 3.56.